The van der Waals surface area contributed by atoms with E-state index in [-0.39, 0.29) is 18.5 Å². The van der Waals surface area contributed by atoms with Crippen LogP contribution in [0.3, 0.4) is 0 Å². The van der Waals surface area contributed by atoms with Crippen LogP contribution >= 0.6 is 0 Å². The van der Waals surface area contributed by atoms with E-state index < -0.39 is 12.1 Å². The van der Waals surface area contributed by atoms with Gasteiger partial charge < -0.3 is 20.3 Å². The zero-order valence-electron chi connectivity index (χ0n) is 55.0. The minimum atomic E-state index is -0.665. The summed E-state index contributed by atoms with van der Waals surface area (Å²) in [6, 6.07) is -0.543. The topological polar surface area (TPSA) is 95.9 Å². The Bertz CT molecular complexity index is 1270. The van der Waals surface area contributed by atoms with E-state index in [9.17, 15) is 19.8 Å². The number of hydrogen-bond donors (Lipinski definition) is 3. The number of carbonyl (C=O) groups is 2. The van der Waals surface area contributed by atoms with Crippen molar-refractivity contribution in [3.63, 3.8) is 0 Å². The lowest BCUT2D eigenvalue weighted by atomic mass is 10.0. The van der Waals surface area contributed by atoms with Crippen molar-refractivity contribution < 1.29 is 24.5 Å². The van der Waals surface area contributed by atoms with Gasteiger partial charge in [0.15, 0.2) is 0 Å². The summed E-state index contributed by atoms with van der Waals surface area (Å²) in [5, 5.41) is 23.5. The summed E-state index contributed by atoms with van der Waals surface area (Å²) in [6.45, 7) is 4.98. The van der Waals surface area contributed by atoms with Crippen LogP contribution in [-0.2, 0) is 14.3 Å². The molecule has 0 aliphatic carbocycles. The number of nitrogens with one attached hydrogen (secondary N) is 1. The fraction of sp³-hybridized carbons (Fsp3) is 0.920. The Morgan fingerprint density at radius 3 is 0.889 bits per heavy atom. The molecule has 81 heavy (non-hydrogen) atoms. The van der Waals surface area contributed by atoms with Gasteiger partial charge in [0, 0.05) is 12.8 Å². The van der Waals surface area contributed by atoms with E-state index in [1.165, 1.54) is 340 Å². The largest absolute Gasteiger partial charge is 0.466 e. The van der Waals surface area contributed by atoms with Crippen molar-refractivity contribution in [2.24, 2.45) is 0 Å². The molecular formula is C75H145NO5. The highest BCUT2D eigenvalue weighted by molar-refractivity contribution is 5.76. The summed E-state index contributed by atoms with van der Waals surface area (Å²) >= 11 is 0. The SMILES string of the molecule is CCCCCC/C=C\CCCCCCCC(=O)OCCCCCCCCCCCCCC/C=C\CCCCCCCCCCCCCCC(=O)NC(CO)C(O)CCCCCCCCCCCCCCCCCCCCCCCCC. The molecule has 6 nitrogen and oxygen atoms in total. The number of rotatable bonds is 70. The number of aliphatic hydroxyl groups is 2. The van der Waals surface area contributed by atoms with Crippen LogP contribution in [0.4, 0.5) is 0 Å². The van der Waals surface area contributed by atoms with Crippen LogP contribution in [0.2, 0.25) is 0 Å². The molecule has 3 N–H and O–H groups in total. The summed E-state index contributed by atoms with van der Waals surface area (Å²) in [7, 11) is 0. The summed E-state index contributed by atoms with van der Waals surface area (Å²) in [4.78, 5) is 24.6. The molecule has 0 aromatic carbocycles. The Kier molecular flexibility index (Phi) is 69.4. The van der Waals surface area contributed by atoms with Crippen LogP contribution in [-0.4, -0.2) is 47.4 Å². The van der Waals surface area contributed by atoms with E-state index in [4.69, 9.17) is 4.74 Å². The van der Waals surface area contributed by atoms with Crippen LogP contribution in [0.25, 0.3) is 0 Å². The second-order valence-corrected chi connectivity index (χ2v) is 25.6. The molecule has 0 rings (SSSR count). The van der Waals surface area contributed by atoms with E-state index in [2.05, 4.69) is 43.5 Å². The normalized spacial score (nSPS) is 12.6. The van der Waals surface area contributed by atoms with Gasteiger partial charge in [-0.1, -0.05) is 353 Å². The number of ether oxygens (including phenoxy) is 1. The summed E-state index contributed by atoms with van der Waals surface area (Å²) in [5.74, 6) is -0.0225. The quantitative estimate of drug-likeness (QED) is 0.0320. The zero-order chi connectivity index (χ0) is 58.5. The van der Waals surface area contributed by atoms with E-state index in [0.717, 1.165) is 44.9 Å². The van der Waals surface area contributed by atoms with Crippen LogP contribution in [0.15, 0.2) is 24.3 Å². The predicted molar refractivity (Wildman–Crippen MR) is 356 cm³/mol. The Morgan fingerprint density at radius 1 is 0.333 bits per heavy atom. The van der Waals surface area contributed by atoms with Crippen molar-refractivity contribution in [2.45, 2.75) is 431 Å². The zero-order valence-corrected chi connectivity index (χ0v) is 55.0. The van der Waals surface area contributed by atoms with Gasteiger partial charge in [-0.15, -0.1) is 0 Å². The van der Waals surface area contributed by atoms with Gasteiger partial charge in [-0.05, 0) is 77.0 Å². The highest BCUT2D eigenvalue weighted by Crippen LogP contribution is 2.19. The lowest BCUT2D eigenvalue weighted by Crippen LogP contribution is -2.45. The molecule has 1 amide bonds. The minimum Gasteiger partial charge on any atom is -0.466 e. The number of hydrogen-bond acceptors (Lipinski definition) is 5. The average Bonchev–Trinajstić information content (AvgIpc) is 3.47. The summed E-state index contributed by atoms with van der Waals surface area (Å²) < 4.78 is 5.48. The van der Waals surface area contributed by atoms with Crippen molar-refractivity contribution in [2.75, 3.05) is 13.2 Å². The average molecular weight is 1140 g/mol. The molecule has 2 unspecified atom stereocenters. The lowest BCUT2D eigenvalue weighted by Gasteiger charge is -2.22. The summed E-state index contributed by atoms with van der Waals surface area (Å²) in [5.41, 5.74) is 0. The molecule has 480 valence electrons. The minimum absolute atomic E-state index is 0.00740. The number of esters is 1. The molecule has 0 spiro atoms. The van der Waals surface area contributed by atoms with E-state index in [0.29, 0.717) is 25.9 Å². The number of aliphatic hydroxyl groups excluding tert-OH is 2. The maximum Gasteiger partial charge on any atom is 0.305 e. The summed E-state index contributed by atoms with van der Waals surface area (Å²) in [6.07, 6.45) is 89.5. The molecule has 6 heteroatoms. The van der Waals surface area contributed by atoms with Gasteiger partial charge >= 0.3 is 5.97 Å². The highest BCUT2D eigenvalue weighted by atomic mass is 16.5. The fourth-order valence-electron chi connectivity index (χ4n) is 11.8. The molecule has 0 fully saturated rings. The first-order chi connectivity index (χ1) is 40.0. The molecular weight excluding hydrogens is 995 g/mol. The molecule has 2 atom stereocenters. The molecule has 0 bridgehead atoms. The monoisotopic (exact) mass is 1140 g/mol. The predicted octanol–water partition coefficient (Wildman–Crippen LogP) is 24.1. The first kappa shape index (κ1) is 79.3. The van der Waals surface area contributed by atoms with Crippen LogP contribution in [0.1, 0.15) is 418 Å². The van der Waals surface area contributed by atoms with Gasteiger partial charge in [0.05, 0.1) is 25.4 Å². The molecule has 0 aromatic rings. The number of amides is 1. The van der Waals surface area contributed by atoms with E-state index in [1.807, 2.05) is 0 Å². The lowest BCUT2D eigenvalue weighted by molar-refractivity contribution is -0.143. The molecule has 0 saturated carbocycles. The Balaban J connectivity index is 3.38. The second kappa shape index (κ2) is 70.8. The third kappa shape index (κ3) is 67.3. The molecule has 0 aromatic heterocycles. The Labute approximate surface area is 507 Å². The Morgan fingerprint density at radius 2 is 0.580 bits per heavy atom. The van der Waals surface area contributed by atoms with Crippen LogP contribution in [0.5, 0.6) is 0 Å². The van der Waals surface area contributed by atoms with Crippen molar-refractivity contribution in [3.8, 4) is 0 Å². The number of unbranched alkanes of at least 4 members (excludes halogenated alkanes) is 55. The van der Waals surface area contributed by atoms with Crippen LogP contribution in [0, 0.1) is 0 Å². The van der Waals surface area contributed by atoms with Crippen molar-refractivity contribution >= 4 is 11.9 Å². The standard InChI is InChI=1S/C75H145NO5/c1-3-5-7-9-11-13-15-17-18-19-20-21-28-31-34-37-40-44-47-51-55-59-63-67-73(78)72(71-77)76-74(79)68-64-60-56-52-48-45-41-38-35-32-29-26-24-22-23-25-27-30-33-36-39-42-46-50-54-58-62-66-70-81-75(80)69-65-61-57-53-49-43-16-14-12-10-8-6-4-2/h14,16,22-23,72-73,77-78H,3-13,15,17-21,24-71H2,1-2H3,(H,76,79)/b16-14-,23-22-. The van der Waals surface area contributed by atoms with Gasteiger partial charge in [-0.3, -0.25) is 9.59 Å². The maximum atomic E-state index is 12.6. The van der Waals surface area contributed by atoms with Crippen molar-refractivity contribution in [3.05, 3.63) is 24.3 Å². The van der Waals surface area contributed by atoms with Gasteiger partial charge in [0.25, 0.3) is 0 Å². The van der Waals surface area contributed by atoms with Gasteiger partial charge in [0.1, 0.15) is 0 Å². The molecule has 0 aliphatic rings. The van der Waals surface area contributed by atoms with Gasteiger partial charge in [-0.25, -0.2) is 0 Å². The third-order valence-corrected chi connectivity index (χ3v) is 17.5. The number of carbonyl (C=O) groups excluding carboxylic acids is 2. The third-order valence-electron chi connectivity index (χ3n) is 17.5. The van der Waals surface area contributed by atoms with Gasteiger partial charge in [-0.2, -0.15) is 0 Å². The highest BCUT2D eigenvalue weighted by Gasteiger charge is 2.20. The number of allylic oxidation sites excluding steroid dienone is 4. The maximum absolute atomic E-state index is 12.6. The van der Waals surface area contributed by atoms with Crippen molar-refractivity contribution in [1.82, 2.24) is 5.32 Å². The van der Waals surface area contributed by atoms with E-state index in [1.54, 1.807) is 0 Å². The first-order valence-electron chi connectivity index (χ1n) is 37.1. The van der Waals surface area contributed by atoms with Crippen molar-refractivity contribution in [1.29, 1.82) is 0 Å². The first-order valence-corrected chi connectivity index (χ1v) is 37.1. The van der Waals surface area contributed by atoms with E-state index >= 15 is 0 Å². The molecule has 0 heterocycles. The fourth-order valence-corrected chi connectivity index (χ4v) is 11.8. The molecule has 0 saturated heterocycles. The van der Waals surface area contributed by atoms with Crippen LogP contribution < -0.4 is 5.32 Å². The molecule has 0 aliphatic heterocycles. The second-order valence-electron chi connectivity index (χ2n) is 25.6. The Hall–Kier alpha value is -1.66. The smallest absolute Gasteiger partial charge is 0.305 e. The van der Waals surface area contributed by atoms with Gasteiger partial charge in [0.2, 0.25) is 5.91 Å². The molecule has 0 radical (unpaired) electrons.